The van der Waals surface area contributed by atoms with Crippen LogP contribution in [0.2, 0.25) is 0 Å². The van der Waals surface area contributed by atoms with Crippen LogP contribution in [-0.4, -0.2) is 9.97 Å². The van der Waals surface area contributed by atoms with E-state index in [1.165, 1.54) is 86.9 Å². The molecule has 8 rings (SSSR count). The topological polar surface area (TPSA) is 41.1 Å². The van der Waals surface area contributed by atoms with E-state index >= 15 is 0 Å². The van der Waals surface area contributed by atoms with Gasteiger partial charge in [-0.25, -0.2) is 4.98 Å². The predicted octanol–water partition coefficient (Wildman–Crippen LogP) is 11.7. The van der Waals surface area contributed by atoms with E-state index in [1.54, 1.807) is 0 Å². The first-order valence-corrected chi connectivity index (χ1v) is 17.6. The number of anilines is 3. The molecule has 1 atom stereocenters. The molecule has 1 saturated carbocycles. The van der Waals surface area contributed by atoms with Crippen LogP contribution >= 0.6 is 11.3 Å². The average molecular weight is 623 g/mol. The van der Waals surface area contributed by atoms with Crippen molar-refractivity contribution in [3.8, 4) is 11.1 Å². The van der Waals surface area contributed by atoms with Gasteiger partial charge in [-0.1, -0.05) is 94.6 Å². The smallest absolute Gasteiger partial charge is 0.132 e. The first kappa shape index (κ1) is 29.2. The number of benzene rings is 3. The summed E-state index contributed by atoms with van der Waals surface area (Å²) in [5.74, 6) is 0.593. The molecular weight excluding hydrogens is 581 g/mol. The zero-order valence-electron chi connectivity index (χ0n) is 27.5. The molecule has 232 valence electrons. The maximum absolute atomic E-state index is 5.31. The molecule has 1 aliphatic heterocycles. The van der Waals surface area contributed by atoms with E-state index in [0.29, 0.717) is 5.92 Å². The van der Waals surface area contributed by atoms with E-state index < -0.39 is 0 Å². The largest absolute Gasteiger partial charge is 0.358 e. The average Bonchev–Trinajstić information content (AvgIpc) is 3.63. The van der Waals surface area contributed by atoms with Crippen LogP contribution in [0.1, 0.15) is 93.2 Å². The molecule has 6 aromatic rings. The number of thiophene rings is 1. The third-order valence-corrected chi connectivity index (χ3v) is 11.2. The van der Waals surface area contributed by atoms with Gasteiger partial charge in [0.15, 0.2) is 0 Å². The summed E-state index contributed by atoms with van der Waals surface area (Å²) in [4.78, 5) is 13.9. The fourth-order valence-corrected chi connectivity index (χ4v) is 8.84. The third-order valence-electron chi connectivity index (χ3n) is 10.0. The molecule has 3 aromatic carbocycles. The zero-order valence-corrected chi connectivity index (χ0v) is 28.3. The summed E-state index contributed by atoms with van der Waals surface area (Å²) in [6, 6.07) is 31.6. The van der Waals surface area contributed by atoms with Gasteiger partial charge in [-0.05, 0) is 73.6 Å². The Balaban J connectivity index is 1.33. The quantitative estimate of drug-likeness (QED) is 0.212. The van der Waals surface area contributed by atoms with E-state index in [4.69, 9.17) is 9.97 Å². The molecule has 0 saturated heterocycles. The second-order valence-electron chi connectivity index (χ2n) is 14.3. The lowest BCUT2D eigenvalue weighted by atomic mass is 9.84. The second kappa shape index (κ2) is 11.2. The van der Waals surface area contributed by atoms with Gasteiger partial charge in [0.2, 0.25) is 0 Å². The maximum atomic E-state index is 5.31. The fraction of sp³-hybridized carbons (Fsp3) is 0.317. The Kier molecular flexibility index (Phi) is 7.13. The SMILES string of the molecule is Cc1cc2c(c(C)n1)NC(c1cccc3c1sc1nc(C4CCCCC4)ccc13)N2c1ccc(C(C)(C)C)cc1-c1ccccc1. The summed E-state index contributed by atoms with van der Waals surface area (Å²) in [5, 5.41) is 6.52. The predicted molar refractivity (Wildman–Crippen MR) is 196 cm³/mol. The number of rotatable bonds is 4. The van der Waals surface area contributed by atoms with Crippen LogP contribution in [-0.2, 0) is 5.41 Å². The van der Waals surface area contributed by atoms with Crippen molar-refractivity contribution in [3.05, 3.63) is 113 Å². The summed E-state index contributed by atoms with van der Waals surface area (Å²) in [5.41, 5.74) is 11.9. The number of pyridine rings is 2. The zero-order chi connectivity index (χ0) is 31.6. The van der Waals surface area contributed by atoms with Crippen LogP contribution in [0.5, 0.6) is 0 Å². The number of aromatic nitrogens is 2. The molecule has 1 N–H and O–H groups in total. The number of nitrogens with zero attached hydrogens (tertiary/aromatic N) is 3. The molecule has 0 amide bonds. The van der Waals surface area contributed by atoms with E-state index in [2.05, 4.69) is 130 Å². The van der Waals surface area contributed by atoms with Crippen molar-refractivity contribution in [1.82, 2.24) is 9.97 Å². The Morgan fingerprint density at radius 3 is 2.37 bits per heavy atom. The second-order valence-corrected chi connectivity index (χ2v) is 15.3. The Morgan fingerprint density at radius 2 is 1.59 bits per heavy atom. The molecule has 5 heteroatoms. The van der Waals surface area contributed by atoms with Gasteiger partial charge >= 0.3 is 0 Å². The van der Waals surface area contributed by atoms with Gasteiger partial charge in [0.25, 0.3) is 0 Å². The van der Waals surface area contributed by atoms with Gasteiger partial charge in [-0.3, -0.25) is 4.98 Å². The van der Waals surface area contributed by atoms with E-state index in [1.807, 2.05) is 11.3 Å². The van der Waals surface area contributed by atoms with Crippen molar-refractivity contribution in [3.63, 3.8) is 0 Å². The Bertz CT molecular complexity index is 2080. The number of aryl methyl sites for hydroxylation is 2. The molecule has 0 bridgehead atoms. The van der Waals surface area contributed by atoms with Crippen LogP contribution in [0, 0.1) is 13.8 Å². The van der Waals surface area contributed by atoms with E-state index in [0.717, 1.165) is 21.9 Å². The molecule has 2 aliphatic rings. The van der Waals surface area contributed by atoms with Gasteiger partial charge in [-0.15, -0.1) is 11.3 Å². The Hall–Kier alpha value is -4.22. The summed E-state index contributed by atoms with van der Waals surface area (Å²) >= 11 is 1.85. The highest BCUT2D eigenvalue weighted by molar-refractivity contribution is 7.25. The lowest BCUT2D eigenvalue weighted by Crippen LogP contribution is -2.24. The summed E-state index contributed by atoms with van der Waals surface area (Å²) < 4.78 is 1.30. The molecule has 3 aromatic heterocycles. The van der Waals surface area contributed by atoms with Crippen molar-refractivity contribution < 1.29 is 0 Å². The molecule has 46 heavy (non-hydrogen) atoms. The highest BCUT2D eigenvalue weighted by Gasteiger charge is 2.36. The normalized spacial score (nSPS) is 17.1. The van der Waals surface area contributed by atoms with Gasteiger partial charge in [0.1, 0.15) is 11.0 Å². The van der Waals surface area contributed by atoms with Crippen LogP contribution in [0.4, 0.5) is 17.1 Å². The molecule has 0 spiro atoms. The van der Waals surface area contributed by atoms with Crippen molar-refractivity contribution in [2.45, 2.75) is 84.2 Å². The maximum Gasteiger partial charge on any atom is 0.132 e. The minimum absolute atomic E-state index is 0.0336. The lowest BCUT2D eigenvalue weighted by molar-refractivity contribution is 0.437. The summed E-state index contributed by atoms with van der Waals surface area (Å²) in [7, 11) is 0. The van der Waals surface area contributed by atoms with Crippen molar-refractivity contribution in [2.75, 3.05) is 10.2 Å². The molecule has 4 heterocycles. The Labute approximate surface area is 276 Å². The monoisotopic (exact) mass is 622 g/mol. The molecule has 4 nitrogen and oxygen atoms in total. The van der Waals surface area contributed by atoms with E-state index in [9.17, 15) is 0 Å². The standard InChI is InChI=1S/C41H42N4S/c1-25-23-36-37(26(2)42-25)44-39(45(36)35-22-19-29(41(3,4)5)24-33(35)27-13-8-6-9-14-27)32-18-12-17-30-31-20-21-34(28-15-10-7-11-16-28)43-40(31)46-38(30)32/h6,8-9,12-14,17-24,28,39,44H,7,10-11,15-16H2,1-5H3. The van der Waals surface area contributed by atoms with Gasteiger partial charge in [0, 0.05) is 43.9 Å². The van der Waals surface area contributed by atoms with E-state index in [-0.39, 0.29) is 11.6 Å². The highest BCUT2D eigenvalue weighted by Crippen LogP contribution is 2.52. The molecule has 0 radical (unpaired) electrons. The number of hydrogen-bond donors (Lipinski definition) is 1. The van der Waals surface area contributed by atoms with Crippen LogP contribution in [0.3, 0.4) is 0 Å². The molecule has 1 aliphatic carbocycles. The van der Waals surface area contributed by atoms with Gasteiger partial charge in [-0.2, -0.15) is 0 Å². The van der Waals surface area contributed by atoms with Crippen molar-refractivity contribution in [2.24, 2.45) is 0 Å². The van der Waals surface area contributed by atoms with Gasteiger partial charge in [0.05, 0.1) is 22.8 Å². The molecule has 1 unspecified atom stereocenters. The molecule has 1 fully saturated rings. The minimum atomic E-state index is -0.102. The number of nitrogens with one attached hydrogen (secondary N) is 1. The number of fused-ring (bicyclic) bond motifs is 4. The van der Waals surface area contributed by atoms with Crippen LogP contribution in [0.15, 0.2) is 84.9 Å². The van der Waals surface area contributed by atoms with Crippen LogP contribution < -0.4 is 10.2 Å². The lowest BCUT2D eigenvalue weighted by Gasteiger charge is -2.31. The summed E-state index contributed by atoms with van der Waals surface area (Å²) in [6.07, 6.45) is 6.42. The summed E-state index contributed by atoms with van der Waals surface area (Å²) in [6.45, 7) is 11.1. The van der Waals surface area contributed by atoms with Crippen LogP contribution in [0.25, 0.3) is 31.4 Å². The minimum Gasteiger partial charge on any atom is -0.358 e. The highest BCUT2D eigenvalue weighted by atomic mass is 32.1. The van der Waals surface area contributed by atoms with Crippen molar-refractivity contribution in [1.29, 1.82) is 0 Å². The fourth-order valence-electron chi connectivity index (χ4n) is 7.62. The number of hydrogen-bond acceptors (Lipinski definition) is 5. The molecular formula is C41H42N4S. The Morgan fingerprint density at radius 1 is 0.783 bits per heavy atom. The third kappa shape index (κ3) is 4.96. The first-order chi connectivity index (χ1) is 22.3. The van der Waals surface area contributed by atoms with Gasteiger partial charge < -0.3 is 10.2 Å². The first-order valence-electron chi connectivity index (χ1n) is 16.8. The van der Waals surface area contributed by atoms with Crippen molar-refractivity contribution >= 4 is 48.7 Å².